The van der Waals surface area contributed by atoms with Crippen molar-refractivity contribution in [1.82, 2.24) is 0 Å². The van der Waals surface area contributed by atoms with Gasteiger partial charge in [0.25, 0.3) is 0 Å². The van der Waals surface area contributed by atoms with Gasteiger partial charge in [0.05, 0.1) is 5.60 Å². The Balaban J connectivity index is 2.21. The molecule has 1 saturated carbocycles. The van der Waals surface area contributed by atoms with E-state index in [1.54, 1.807) is 0 Å². The highest BCUT2D eigenvalue weighted by Gasteiger charge is 2.31. The lowest BCUT2D eigenvalue weighted by Crippen LogP contribution is -2.28. The lowest BCUT2D eigenvalue weighted by molar-refractivity contribution is 0.00940. The van der Waals surface area contributed by atoms with Gasteiger partial charge in [-0.3, -0.25) is 0 Å². The van der Waals surface area contributed by atoms with E-state index in [1.165, 1.54) is 5.57 Å². The fraction of sp³-hybridized carbons (Fsp3) is 0.385. The van der Waals surface area contributed by atoms with Gasteiger partial charge in [0.15, 0.2) is 0 Å². The second-order valence-corrected chi connectivity index (χ2v) is 4.15. The molecule has 0 bridgehead atoms. The molecule has 1 aromatic carbocycles. The Labute approximate surface area is 85.1 Å². The van der Waals surface area contributed by atoms with Crippen molar-refractivity contribution in [2.24, 2.45) is 0 Å². The molecule has 1 fully saturated rings. The molecular formula is C13H16O. The predicted molar refractivity (Wildman–Crippen MR) is 57.9 cm³/mol. The first-order valence-electron chi connectivity index (χ1n) is 5.15. The smallest absolute Gasteiger partial charge is 0.0902 e. The number of rotatable bonds is 1. The van der Waals surface area contributed by atoms with E-state index in [-0.39, 0.29) is 0 Å². The molecule has 1 N–H and O–H groups in total. The highest BCUT2D eigenvalue weighted by molar-refractivity contribution is 5.24. The van der Waals surface area contributed by atoms with E-state index in [0.29, 0.717) is 0 Å². The average Bonchev–Trinajstić information content (AvgIpc) is 2.24. The normalized spacial score (nSPS) is 20.8. The summed E-state index contributed by atoms with van der Waals surface area (Å²) < 4.78 is 0. The maximum absolute atomic E-state index is 10.4. The van der Waals surface area contributed by atoms with Crippen LogP contribution in [0.2, 0.25) is 0 Å². The maximum atomic E-state index is 10.4. The van der Waals surface area contributed by atoms with Crippen molar-refractivity contribution in [1.29, 1.82) is 0 Å². The molecule has 1 aromatic rings. The fourth-order valence-corrected chi connectivity index (χ4v) is 2.05. The first kappa shape index (κ1) is 9.47. The van der Waals surface area contributed by atoms with Crippen LogP contribution in [0.3, 0.4) is 0 Å². The molecule has 0 radical (unpaired) electrons. The Morgan fingerprint density at radius 2 is 1.64 bits per heavy atom. The molecule has 14 heavy (non-hydrogen) atoms. The van der Waals surface area contributed by atoms with Gasteiger partial charge >= 0.3 is 0 Å². The molecule has 2 rings (SSSR count). The minimum Gasteiger partial charge on any atom is -0.385 e. The van der Waals surface area contributed by atoms with E-state index in [0.717, 1.165) is 31.2 Å². The standard InChI is InChI=1S/C13H16O/c1-11-7-9-13(14,10-8-11)12-5-3-2-4-6-12/h2-6,14H,1,7-10H2. The lowest BCUT2D eigenvalue weighted by Gasteiger charge is -2.33. The molecule has 0 spiro atoms. The van der Waals surface area contributed by atoms with Gasteiger partial charge in [-0.25, -0.2) is 0 Å². The van der Waals surface area contributed by atoms with Crippen molar-refractivity contribution in [3.05, 3.63) is 48.0 Å². The molecule has 0 saturated heterocycles. The lowest BCUT2D eigenvalue weighted by atomic mass is 9.78. The van der Waals surface area contributed by atoms with Crippen LogP contribution in [0, 0.1) is 0 Å². The average molecular weight is 188 g/mol. The van der Waals surface area contributed by atoms with Gasteiger partial charge < -0.3 is 5.11 Å². The van der Waals surface area contributed by atoms with Gasteiger partial charge in [0, 0.05) is 0 Å². The Kier molecular flexibility index (Phi) is 2.42. The Morgan fingerprint density at radius 1 is 1.07 bits per heavy atom. The SMILES string of the molecule is C=C1CCC(O)(c2ccccc2)CC1. The van der Waals surface area contributed by atoms with E-state index < -0.39 is 5.60 Å². The van der Waals surface area contributed by atoms with E-state index in [2.05, 4.69) is 6.58 Å². The molecule has 0 unspecified atom stereocenters. The summed E-state index contributed by atoms with van der Waals surface area (Å²) in [6.45, 7) is 3.96. The monoisotopic (exact) mass is 188 g/mol. The summed E-state index contributed by atoms with van der Waals surface area (Å²) in [7, 11) is 0. The van der Waals surface area contributed by atoms with Gasteiger partial charge in [-0.2, -0.15) is 0 Å². The second-order valence-electron chi connectivity index (χ2n) is 4.15. The van der Waals surface area contributed by atoms with Crippen LogP contribution in [0.1, 0.15) is 31.2 Å². The van der Waals surface area contributed by atoms with Crippen LogP contribution in [0.5, 0.6) is 0 Å². The molecule has 0 atom stereocenters. The summed E-state index contributed by atoms with van der Waals surface area (Å²) >= 11 is 0. The van der Waals surface area contributed by atoms with Crippen LogP contribution in [-0.4, -0.2) is 5.11 Å². The zero-order valence-corrected chi connectivity index (χ0v) is 8.37. The summed E-state index contributed by atoms with van der Waals surface area (Å²) in [6.07, 6.45) is 3.53. The van der Waals surface area contributed by atoms with E-state index >= 15 is 0 Å². The van der Waals surface area contributed by atoms with Gasteiger partial charge in [0.1, 0.15) is 0 Å². The number of hydrogen-bond acceptors (Lipinski definition) is 1. The van der Waals surface area contributed by atoms with Crippen molar-refractivity contribution in [3.63, 3.8) is 0 Å². The van der Waals surface area contributed by atoms with Crippen LogP contribution >= 0.6 is 0 Å². The molecule has 0 heterocycles. The van der Waals surface area contributed by atoms with Crippen LogP contribution < -0.4 is 0 Å². The van der Waals surface area contributed by atoms with E-state index in [1.807, 2.05) is 30.3 Å². The molecule has 1 nitrogen and oxygen atoms in total. The molecular weight excluding hydrogens is 172 g/mol. The van der Waals surface area contributed by atoms with E-state index in [9.17, 15) is 5.11 Å². The van der Waals surface area contributed by atoms with Gasteiger partial charge in [0.2, 0.25) is 0 Å². The highest BCUT2D eigenvalue weighted by Crippen LogP contribution is 2.38. The van der Waals surface area contributed by atoms with E-state index in [4.69, 9.17) is 0 Å². The van der Waals surface area contributed by atoms with Crippen molar-refractivity contribution in [3.8, 4) is 0 Å². The van der Waals surface area contributed by atoms with Crippen molar-refractivity contribution < 1.29 is 5.11 Å². The molecule has 1 aliphatic carbocycles. The van der Waals surface area contributed by atoms with Crippen LogP contribution in [0.25, 0.3) is 0 Å². The predicted octanol–water partition coefficient (Wildman–Crippen LogP) is 3.00. The topological polar surface area (TPSA) is 20.2 Å². The third-order valence-electron chi connectivity index (χ3n) is 3.10. The van der Waals surface area contributed by atoms with Crippen molar-refractivity contribution in [2.45, 2.75) is 31.3 Å². The molecule has 1 heteroatoms. The van der Waals surface area contributed by atoms with Crippen LogP contribution in [-0.2, 0) is 5.60 Å². The number of hydrogen-bond donors (Lipinski definition) is 1. The molecule has 0 amide bonds. The maximum Gasteiger partial charge on any atom is 0.0902 e. The number of benzene rings is 1. The largest absolute Gasteiger partial charge is 0.385 e. The van der Waals surface area contributed by atoms with Crippen LogP contribution in [0.4, 0.5) is 0 Å². The summed E-state index contributed by atoms with van der Waals surface area (Å²) in [4.78, 5) is 0. The molecule has 0 aliphatic heterocycles. The molecule has 74 valence electrons. The Morgan fingerprint density at radius 3 is 2.21 bits per heavy atom. The summed E-state index contributed by atoms with van der Waals surface area (Å²) in [5.41, 5.74) is 1.71. The minimum atomic E-state index is -0.609. The fourth-order valence-electron chi connectivity index (χ4n) is 2.05. The third-order valence-corrected chi connectivity index (χ3v) is 3.10. The Bertz CT molecular complexity index is 316. The first-order chi connectivity index (χ1) is 6.71. The number of allylic oxidation sites excluding steroid dienone is 1. The summed E-state index contributed by atoms with van der Waals surface area (Å²) in [6, 6.07) is 9.96. The van der Waals surface area contributed by atoms with Gasteiger partial charge in [-0.1, -0.05) is 42.5 Å². The van der Waals surface area contributed by atoms with Crippen molar-refractivity contribution in [2.75, 3.05) is 0 Å². The molecule has 1 aliphatic rings. The number of aliphatic hydroxyl groups is 1. The Hall–Kier alpha value is -1.08. The summed E-state index contributed by atoms with van der Waals surface area (Å²) in [5, 5.41) is 10.4. The third kappa shape index (κ3) is 1.73. The minimum absolute atomic E-state index is 0.609. The quantitative estimate of drug-likeness (QED) is 0.672. The first-order valence-corrected chi connectivity index (χ1v) is 5.15. The molecule has 0 aromatic heterocycles. The van der Waals surface area contributed by atoms with Gasteiger partial charge in [-0.15, -0.1) is 0 Å². The highest BCUT2D eigenvalue weighted by atomic mass is 16.3. The van der Waals surface area contributed by atoms with Crippen LogP contribution in [0.15, 0.2) is 42.5 Å². The second kappa shape index (κ2) is 3.58. The van der Waals surface area contributed by atoms with Crippen molar-refractivity contribution >= 4 is 0 Å². The zero-order chi connectivity index (χ0) is 10.0. The van der Waals surface area contributed by atoms with Gasteiger partial charge in [-0.05, 0) is 31.2 Å². The zero-order valence-electron chi connectivity index (χ0n) is 8.37. The summed E-state index contributed by atoms with van der Waals surface area (Å²) in [5.74, 6) is 0.